The Morgan fingerprint density at radius 2 is 2.21 bits per heavy atom. The molecule has 0 fully saturated rings. The largest absolute Gasteiger partial charge is 0.496 e. The second-order valence-electron chi connectivity index (χ2n) is 3.75. The molecule has 19 heavy (non-hydrogen) atoms. The molecule has 1 aromatic carbocycles. The molecule has 0 spiro atoms. The highest BCUT2D eigenvalue weighted by Crippen LogP contribution is 2.24. The second kappa shape index (κ2) is 5.58. The molecule has 5 nitrogen and oxygen atoms in total. The molecule has 0 aliphatic carbocycles. The van der Waals surface area contributed by atoms with Gasteiger partial charge >= 0.3 is 0 Å². The molecule has 0 saturated heterocycles. The van der Waals surface area contributed by atoms with Crippen molar-refractivity contribution in [3.05, 3.63) is 47.1 Å². The fraction of sp³-hybridized carbons (Fsp3) is 0.0769. The minimum atomic E-state index is -0.384. The van der Waals surface area contributed by atoms with Crippen LogP contribution in [0.2, 0.25) is 5.02 Å². The Kier molecular flexibility index (Phi) is 3.87. The SMILES string of the molecule is COc1ccc(N)cc1C(=O)Nc1ncccc1Cl. The van der Waals surface area contributed by atoms with Crippen LogP contribution in [-0.2, 0) is 0 Å². The minimum Gasteiger partial charge on any atom is -0.496 e. The number of carbonyl (C=O) groups excluding carboxylic acids is 1. The van der Waals surface area contributed by atoms with E-state index in [0.29, 0.717) is 27.8 Å². The van der Waals surface area contributed by atoms with Gasteiger partial charge in [-0.3, -0.25) is 4.79 Å². The van der Waals surface area contributed by atoms with Crippen LogP contribution >= 0.6 is 11.6 Å². The third kappa shape index (κ3) is 2.95. The van der Waals surface area contributed by atoms with Crippen molar-refractivity contribution in [2.75, 3.05) is 18.2 Å². The molecule has 0 atom stereocenters. The number of hydrogen-bond acceptors (Lipinski definition) is 4. The molecule has 0 radical (unpaired) electrons. The van der Waals surface area contributed by atoms with E-state index in [4.69, 9.17) is 22.1 Å². The molecule has 0 unspecified atom stereocenters. The van der Waals surface area contributed by atoms with Gasteiger partial charge in [-0.05, 0) is 30.3 Å². The Balaban J connectivity index is 2.30. The second-order valence-corrected chi connectivity index (χ2v) is 4.15. The summed E-state index contributed by atoms with van der Waals surface area (Å²) in [5.41, 5.74) is 6.46. The van der Waals surface area contributed by atoms with E-state index in [9.17, 15) is 4.79 Å². The van der Waals surface area contributed by atoms with Crippen LogP contribution in [0, 0.1) is 0 Å². The van der Waals surface area contributed by atoms with E-state index in [1.807, 2.05) is 0 Å². The number of ether oxygens (including phenoxy) is 1. The Bertz CT molecular complexity index is 617. The zero-order valence-electron chi connectivity index (χ0n) is 10.2. The Labute approximate surface area is 115 Å². The van der Waals surface area contributed by atoms with E-state index < -0.39 is 0 Å². The molecule has 1 aromatic heterocycles. The van der Waals surface area contributed by atoms with Gasteiger partial charge in [0.15, 0.2) is 5.82 Å². The molecule has 1 heterocycles. The number of nitrogen functional groups attached to an aromatic ring is 1. The summed E-state index contributed by atoms with van der Waals surface area (Å²) in [6.07, 6.45) is 1.54. The maximum atomic E-state index is 12.2. The monoisotopic (exact) mass is 277 g/mol. The first-order chi connectivity index (χ1) is 9.11. The first-order valence-electron chi connectivity index (χ1n) is 5.47. The van der Waals surface area contributed by atoms with Crippen LogP contribution < -0.4 is 15.8 Å². The molecule has 0 bridgehead atoms. The summed E-state index contributed by atoms with van der Waals surface area (Å²) < 4.78 is 5.12. The predicted molar refractivity (Wildman–Crippen MR) is 74.6 cm³/mol. The van der Waals surface area contributed by atoms with Crippen LogP contribution in [0.4, 0.5) is 11.5 Å². The van der Waals surface area contributed by atoms with Gasteiger partial charge in [-0.15, -0.1) is 0 Å². The number of anilines is 2. The molecule has 2 aromatic rings. The lowest BCUT2D eigenvalue weighted by Gasteiger charge is -2.10. The van der Waals surface area contributed by atoms with Gasteiger partial charge in [-0.2, -0.15) is 0 Å². The number of nitrogens with two attached hydrogens (primary N) is 1. The third-order valence-corrected chi connectivity index (χ3v) is 2.76. The summed E-state index contributed by atoms with van der Waals surface area (Å²) in [6, 6.07) is 8.14. The molecule has 98 valence electrons. The predicted octanol–water partition coefficient (Wildman–Crippen LogP) is 2.58. The van der Waals surface area contributed by atoms with Crippen LogP contribution in [0.15, 0.2) is 36.5 Å². The Morgan fingerprint density at radius 3 is 2.89 bits per heavy atom. The Hall–Kier alpha value is -2.27. The quantitative estimate of drug-likeness (QED) is 0.846. The topological polar surface area (TPSA) is 77.2 Å². The molecule has 1 amide bonds. The van der Waals surface area contributed by atoms with Gasteiger partial charge in [0.25, 0.3) is 5.91 Å². The summed E-state index contributed by atoms with van der Waals surface area (Å²) >= 11 is 5.93. The first-order valence-corrected chi connectivity index (χ1v) is 5.85. The normalized spacial score (nSPS) is 10.0. The van der Waals surface area contributed by atoms with E-state index in [-0.39, 0.29) is 5.91 Å². The van der Waals surface area contributed by atoms with E-state index in [0.717, 1.165) is 0 Å². The summed E-state index contributed by atoms with van der Waals surface area (Å²) in [7, 11) is 1.48. The number of aromatic nitrogens is 1. The van der Waals surface area contributed by atoms with Gasteiger partial charge in [-0.25, -0.2) is 4.98 Å². The number of carbonyl (C=O) groups is 1. The van der Waals surface area contributed by atoms with Crippen molar-refractivity contribution in [2.24, 2.45) is 0 Å². The van der Waals surface area contributed by atoms with Gasteiger partial charge in [0, 0.05) is 11.9 Å². The molecule has 0 aliphatic heterocycles. The molecule has 3 N–H and O–H groups in total. The van der Waals surface area contributed by atoms with Crippen molar-refractivity contribution in [1.29, 1.82) is 0 Å². The number of methoxy groups -OCH3 is 1. The number of hydrogen-bond donors (Lipinski definition) is 2. The van der Waals surface area contributed by atoms with Crippen molar-refractivity contribution < 1.29 is 9.53 Å². The fourth-order valence-corrected chi connectivity index (χ4v) is 1.72. The highest BCUT2D eigenvalue weighted by atomic mass is 35.5. The zero-order chi connectivity index (χ0) is 13.8. The fourth-order valence-electron chi connectivity index (χ4n) is 1.56. The van der Waals surface area contributed by atoms with E-state index in [1.54, 1.807) is 24.3 Å². The van der Waals surface area contributed by atoms with E-state index in [1.165, 1.54) is 19.4 Å². The summed E-state index contributed by atoms with van der Waals surface area (Å²) in [5, 5.41) is 2.97. The van der Waals surface area contributed by atoms with Crippen LogP contribution in [0.1, 0.15) is 10.4 Å². The van der Waals surface area contributed by atoms with Crippen molar-refractivity contribution in [2.45, 2.75) is 0 Å². The minimum absolute atomic E-state index is 0.290. The van der Waals surface area contributed by atoms with Gasteiger partial charge in [-0.1, -0.05) is 11.6 Å². The van der Waals surface area contributed by atoms with Gasteiger partial charge < -0.3 is 15.8 Å². The zero-order valence-corrected chi connectivity index (χ0v) is 10.9. The first kappa shape index (κ1) is 13.2. The molecular weight excluding hydrogens is 266 g/mol. The summed E-state index contributed by atoms with van der Waals surface area (Å²) in [6.45, 7) is 0. The third-order valence-electron chi connectivity index (χ3n) is 2.46. The molecular formula is C13H12ClN3O2. The van der Waals surface area contributed by atoms with Crippen molar-refractivity contribution in [1.82, 2.24) is 4.98 Å². The molecule has 0 aliphatic rings. The summed E-state index contributed by atoms with van der Waals surface area (Å²) in [4.78, 5) is 16.1. The van der Waals surface area contributed by atoms with Crippen LogP contribution in [-0.4, -0.2) is 18.0 Å². The lowest BCUT2D eigenvalue weighted by Crippen LogP contribution is -2.14. The number of amides is 1. The lowest BCUT2D eigenvalue weighted by molar-refractivity contribution is 0.102. The maximum Gasteiger partial charge on any atom is 0.260 e. The van der Waals surface area contributed by atoms with Crippen LogP contribution in [0.5, 0.6) is 5.75 Å². The number of nitrogens with zero attached hydrogens (tertiary/aromatic N) is 1. The molecule has 0 saturated carbocycles. The maximum absolute atomic E-state index is 12.2. The highest BCUT2D eigenvalue weighted by molar-refractivity contribution is 6.33. The van der Waals surface area contributed by atoms with Crippen LogP contribution in [0.25, 0.3) is 0 Å². The lowest BCUT2D eigenvalue weighted by atomic mass is 10.1. The van der Waals surface area contributed by atoms with Gasteiger partial charge in [0.05, 0.1) is 17.7 Å². The van der Waals surface area contributed by atoms with Gasteiger partial charge in [0.1, 0.15) is 5.75 Å². The number of nitrogens with one attached hydrogen (secondary N) is 1. The highest BCUT2D eigenvalue weighted by Gasteiger charge is 2.14. The number of rotatable bonds is 3. The van der Waals surface area contributed by atoms with E-state index >= 15 is 0 Å². The standard InChI is InChI=1S/C13H12ClN3O2/c1-19-11-5-4-8(15)7-9(11)13(18)17-12-10(14)3-2-6-16-12/h2-7H,15H2,1H3,(H,16,17,18). The van der Waals surface area contributed by atoms with Gasteiger partial charge in [0.2, 0.25) is 0 Å². The average molecular weight is 278 g/mol. The average Bonchev–Trinajstić information content (AvgIpc) is 2.41. The summed E-state index contributed by atoms with van der Waals surface area (Å²) in [5.74, 6) is 0.335. The van der Waals surface area contributed by atoms with Crippen molar-refractivity contribution in [3.8, 4) is 5.75 Å². The molecule has 6 heteroatoms. The number of halogens is 1. The number of pyridine rings is 1. The van der Waals surface area contributed by atoms with Crippen molar-refractivity contribution >= 4 is 29.0 Å². The molecule has 2 rings (SSSR count). The van der Waals surface area contributed by atoms with Crippen molar-refractivity contribution in [3.63, 3.8) is 0 Å². The number of benzene rings is 1. The van der Waals surface area contributed by atoms with E-state index in [2.05, 4.69) is 10.3 Å². The Morgan fingerprint density at radius 1 is 1.42 bits per heavy atom. The van der Waals surface area contributed by atoms with Crippen LogP contribution in [0.3, 0.4) is 0 Å². The smallest absolute Gasteiger partial charge is 0.260 e.